The molecule has 0 bridgehead atoms. The molecule has 1 fully saturated rings. The molecule has 0 amide bonds. The Hall–Kier alpha value is -0.260. The van der Waals surface area contributed by atoms with E-state index >= 15 is 0 Å². The number of thiazole rings is 1. The van der Waals surface area contributed by atoms with Gasteiger partial charge in [-0.05, 0) is 13.5 Å². The van der Waals surface area contributed by atoms with Gasteiger partial charge in [-0.15, -0.1) is 11.3 Å². The van der Waals surface area contributed by atoms with Crippen LogP contribution in [0.15, 0.2) is 0 Å². The van der Waals surface area contributed by atoms with Crippen LogP contribution >= 0.6 is 23.1 Å². The zero-order chi connectivity index (χ0) is 12.1. The Bertz CT molecular complexity index is 322. The molecular weight excluding hydrogens is 250 g/mol. The Kier molecular flexibility index (Phi) is 5.13. The number of hydrogen-bond donors (Lipinski definition) is 1. The fourth-order valence-electron chi connectivity index (χ4n) is 1.99. The van der Waals surface area contributed by atoms with Crippen LogP contribution in [0, 0.1) is 0 Å². The van der Waals surface area contributed by atoms with Crippen LogP contribution in [0.2, 0.25) is 0 Å². The van der Waals surface area contributed by atoms with Gasteiger partial charge in [0, 0.05) is 36.0 Å². The summed E-state index contributed by atoms with van der Waals surface area (Å²) in [5, 5.41) is 4.48. The highest BCUT2D eigenvalue weighted by Crippen LogP contribution is 2.28. The van der Waals surface area contributed by atoms with Crippen molar-refractivity contribution in [1.29, 1.82) is 0 Å². The number of thioether (sulfide) groups is 1. The first-order valence-corrected chi connectivity index (χ1v) is 8.28. The number of hydrogen-bond acceptors (Lipinski definition) is 5. The van der Waals surface area contributed by atoms with Crippen molar-refractivity contribution in [3.63, 3.8) is 0 Å². The number of nitrogens with zero attached hydrogens (tertiary/aromatic N) is 2. The van der Waals surface area contributed by atoms with E-state index in [2.05, 4.69) is 17.1 Å². The summed E-state index contributed by atoms with van der Waals surface area (Å²) < 4.78 is 0. The molecule has 0 atom stereocenters. The van der Waals surface area contributed by atoms with Crippen LogP contribution in [0.25, 0.3) is 0 Å². The van der Waals surface area contributed by atoms with Crippen molar-refractivity contribution in [3.8, 4) is 0 Å². The van der Waals surface area contributed by atoms with Crippen molar-refractivity contribution >= 4 is 28.2 Å². The summed E-state index contributed by atoms with van der Waals surface area (Å²) in [6.45, 7) is 5.49. The molecule has 0 unspecified atom stereocenters. The molecule has 1 aromatic rings. The highest BCUT2D eigenvalue weighted by atomic mass is 32.2. The average Bonchev–Trinajstić information content (AvgIpc) is 2.75. The summed E-state index contributed by atoms with van der Waals surface area (Å²) in [6.07, 6.45) is 2.28. The Morgan fingerprint density at radius 2 is 2.12 bits per heavy atom. The third-order valence-electron chi connectivity index (χ3n) is 2.87. The van der Waals surface area contributed by atoms with E-state index in [0.29, 0.717) is 0 Å². The summed E-state index contributed by atoms with van der Waals surface area (Å²) in [4.78, 5) is 8.70. The number of anilines is 1. The van der Waals surface area contributed by atoms with E-state index in [9.17, 15) is 0 Å². The zero-order valence-corrected chi connectivity index (χ0v) is 12.3. The predicted octanol–water partition coefficient (Wildman–Crippen LogP) is 2.37. The first kappa shape index (κ1) is 13.2. The van der Waals surface area contributed by atoms with Gasteiger partial charge in [-0.25, -0.2) is 4.98 Å². The molecule has 1 aliphatic rings. The van der Waals surface area contributed by atoms with Gasteiger partial charge in [-0.2, -0.15) is 11.8 Å². The van der Waals surface area contributed by atoms with Gasteiger partial charge in [-0.3, -0.25) is 0 Å². The topological polar surface area (TPSA) is 28.2 Å². The van der Waals surface area contributed by atoms with E-state index in [1.54, 1.807) is 0 Å². The second-order valence-corrected chi connectivity index (χ2v) is 6.53. The van der Waals surface area contributed by atoms with Crippen LogP contribution in [-0.4, -0.2) is 36.6 Å². The fraction of sp³-hybridized carbons (Fsp3) is 0.750. The van der Waals surface area contributed by atoms with Crippen molar-refractivity contribution in [2.45, 2.75) is 26.3 Å². The molecular formula is C12H21N3S2. The maximum atomic E-state index is 4.84. The number of rotatable bonds is 5. The van der Waals surface area contributed by atoms with Gasteiger partial charge in [-0.1, -0.05) is 13.3 Å². The Labute approximate surface area is 112 Å². The van der Waals surface area contributed by atoms with Crippen LogP contribution in [-0.2, 0) is 13.0 Å². The van der Waals surface area contributed by atoms with Gasteiger partial charge in [0.1, 0.15) is 0 Å². The smallest absolute Gasteiger partial charge is 0.185 e. The van der Waals surface area contributed by atoms with E-state index in [4.69, 9.17) is 4.98 Å². The summed E-state index contributed by atoms with van der Waals surface area (Å²) in [5.41, 5.74) is 1.31. The lowest BCUT2D eigenvalue weighted by atomic mass is 10.2. The average molecular weight is 271 g/mol. The summed E-state index contributed by atoms with van der Waals surface area (Å²) in [7, 11) is 2.01. The summed E-state index contributed by atoms with van der Waals surface area (Å²) in [5.74, 6) is 2.48. The molecule has 1 aliphatic heterocycles. The van der Waals surface area contributed by atoms with Crippen LogP contribution < -0.4 is 10.2 Å². The number of aromatic nitrogens is 1. The zero-order valence-electron chi connectivity index (χ0n) is 10.7. The molecule has 2 heterocycles. The van der Waals surface area contributed by atoms with Crippen LogP contribution in [0.5, 0.6) is 0 Å². The largest absolute Gasteiger partial charge is 0.346 e. The molecule has 1 N–H and O–H groups in total. The first-order chi connectivity index (χ1) is 8.35. The molecule has 0 aliphatic carbocycles. The molecule has 17 heavy (non-hydrogen) atoms. The van der Waals surface area contributed by atoms with Crippen molar-refractivity contribution < 1.29 is 0 Å². The maximum absolute atomic E-state index is 4.84. The lowest BCUT2D eigenvalue weighted by molar-refractivity contribution is 0.793. The van der Waals surface area contributed by atoms with Gasteiger partial charge in [0.2, 0.25) is 0 Å². The third kappa shape index (κ3) is 3.36. The van der Waals surface area contributed by atoms with Gasteiger partial charge in [0.25, 0.3) is 0 Å². The lowest BCUT2D eigenvalue weighted by Crippen LogP contribution is -2.32. The van der Waals surface area contributed by atoms with Gasteiger partial charge in [0.15, 0.2) is 5.13 Å². The van der Waals surface area contributed by atoms with Crippen LogP contribution in [0.3, 0.4) is 0 Å². The first-order valence-electron chi connectivity index (χ1n) is 6.31. The normalized spacial score (nSPS) is 16.5. The molecule has 96 valence electrons. The Balaban J connectivity index is 2.13. The lowest BCUT2D eigenvalue weighted by Gasteiger charge is -2.25. The summed E-state index contributed by atoms with van der Waals surface area (Å²) >= 11 is 3.92. The van der Waals surface area contributed by atoms with Gasteiger partial charge in [0.05, 0.1) is 5.69 Å². The highest BCUT2D eigenvalue weighted by molar-refractivity contribution is 7.99. The van der Waals surface area contributed by atoms with Crippen LogP contribution in [0.1, 0.15) is 23.9 Å². The fourth-order valence-corrected chi connectivity index (χ4v) is 4.06. The molecule has 0 saturated carbocycles. The molecule has 0 spiro atoms. The number of nitrogens with one attached hydrogen (secondary N) is 1. The van der Waals surface area contributed by atoms with E-state index in [0.717, 1.165) is 26.1 Å². The minimum Gasteiger partial charge on any atom is -0.346 e. The molecule has 3 nitrogen and oxygen atoms in total. The predicted molar refractivity (Wildman–Crippen MR) is 78.4 cm³/mol. The second-order valence-electron chi connectivity index (χ2n) is 4.25. The van der Waals surface area contributed by atoms with Crippen molar-refractivity contribution in [2.24, 2.45) is 0 Å². The monoisotopic (exact) mass is 271 g/mol. The standard InChI is InChI=1S/C12H21N3S2/c1-3-4-10-11(9-13-2)17-12(14-10)15-5-7-16-8-6-15/h13H,3-9H2,1-2H3. The van der Waals surface area contributed by atoms with E-state index in [1.165, 1.54) is 33.6 Å². The quantitative estimate of drug-likeness (QED) is 0.890. The SMILES string of the molecule is CCCc1nc(N2CCSCC2)sc1CNC. The van der Waals surface area contributed by atoms with E-state index in [1.807, 2.05) is 30.1 Å². The Morgan fingerprint density at radius 1 is 1.35 bits per heavy atom. The van der Waals surface area contributed by atoms with Gasteiger partial charge >= 0.3 is 0 Å². The molecule has 1 aromatic heterocycles. The van der Waals surface area contributed by atoms with Crippen molar-refractivity contribution in [2.75, 3.05) is 36.5 Å². The highest BCUT2D eigenvalue weighted by Gasteiger charge is 2.17. The Morgan fingerprint density at radius 3 is 2.76 bits per heavy atom. The molecule has 0 radical (unpaired) electrons. The molecule has 1 saturated heterocycles. The van der Waals surface area contributed by atoms with E-state index in [-0.39, 0.29) is 0 Å². The molecule has 0 aromatic carbocycles. The van der Waals surface area contributed by atoms with E-state index < -0.39 is 0 Å². The maximum Gasteiger partial charge on any atom is 0.185 e. The summed E-state index contributed by atoms with van der Waals surface area (Å²) in [6, 6.07) is 0. The van der Waals surface area contributed by atoms with Crippen LogP contribution in [0.4, 0.5) is 5.13 Å². The van der Waals surface area contributed by atoms with Crippen molar-refractivity contribution in [1.82, 2.24) is 10.3 Å². The molecule has 5 heteroatoms. The van der Waals surface area contributed by atoms with Gasteiger partial charge < -0.3 is 10.2 Å². The third-order valence-corrected chi connectivity index (χ3v) is 4.97. The minimum absolute atomic E-state index is 0.954. The second kappa shape index (κ2) is 6.61. The van der Waals surface area contributed by atoms with Crippen molar-refractivity contribution in [3.05, 3.63) is 10.6 Å². The molecule has 2 rings (SSSR count). The minimum atomic E-state index is 0.954. The number of aryl methyl sites for hydroxylation is 1.